The van der Waals surface area contributed by atoms with Gasteiger partial charge in [0.2, 0.25) is 5.91 Å². The first kappa shape index (κ1) is 17.9. The van der Waals surface area contributed by atoms with Gasteiger partial charge in [0.25, 0.3) is 0 Å². The fourth-order valence-corrected chi connectivity index (χ4v) is 2.82. The molecule has 0 saturated carbocycles. The molecule has 0 spiro atoms. The molecule has 0 unspecified atom stereocenters. The summed E-state index contributed by atoms with van der Waals surface area (Å²) >= 11 is 5.94. The molecule has 7 heteroatoms. The second-order valence-electron chi connectivity index (χ2n) is 5.87. The molecule has 1 atom stereocenters. The van der Waals surface area contributed by atoms with Crippen LogP contribution in [0, 0.1) is 0 Å². The lowest BCUT2D eigenvalue weighted by atomic mass is 10.0. The lowest BCUT2D eigenvalue weighted by Crippen LogP contribution is -2.28. The fourth-order valence-electron chi connectivity index (χ4n) is 2.65. The number of carbonyl (C=O) groups excluding carboxylic acids is 2. The molecule has 2 aromatic heterocycles. The summed E-state index contributed by atoms with van der Waals surface area (Å²) in [5, 5.41) is 3.38. The molecular weight excluding hydrogens is 354 g/mol. The molecule has 134 valence electrons. The predicted octanol–water partition coefficient (Wildman–Crippen LogP) is 3.30. The van der Waals surface area contributed by atoms with Crippen molar-refractivity contribution in [2.75, 3.05) is 0 Å². The Morgan fingerprint density at radius 2 is 1.96 bits per heavy atom. The first-order valence-corrected chi connectivity index (χ1v) is 8.50. The molecule has 1 N–H and O–H groups in total. The van der Waals surface area contributed by atoms with Crippen molar-refractivity contribution in [2.45, 2.75) is 26.0 Å². The average Bonchev–Trinajstić information content (AvgIpc) is 3.02. The number of esters is 1. The number of benzene rings is 1. The van der Waals surface area contributed by atoms with Crippen LogP contribution in [0.25, 0.3) is 5.65 Å². The first-order valence-electron chi connectivity index (χ1n) is 8.12. The van der Waals surface area contributed by atoms with E-state index in [0.29, 0.717) is 10.7 Å². The van der Waals surface area contributed by atoms with Crippen molar-refractivity contribution in [1.82, 2.24) is 14.7 Å². The molecule has 0 aliphatic heterocycles. The van der Waals surface area contributed by atoms with Gasteiger partial charge in [-0.2, -0.15) is 0 Å². The molecule has 0 bridgehead atoms. The Labute approximate surface area is 155 Å². The van der Waals surface area contributed by atoms with E-state index in [4.69, 9.17) is 16.3 Å². The van der Waals surface area contributed by atoms with E-state index in [-0.39, 0.29) is 18.9 Å². The molecule has 26 heavy (non-hydrogen) atoms. The van der Waals surface area contributed by atoms with Gasteiger partial charge in [0.15, 0.2) is 0 Å². The normalized spacial score (nSPS) is 11.9. The van der Waals surface area contributed by atoms with E-state index in [9.17, 15) is 9.59 Å². The third kappa shape index (κ3) is 4.61. The van der Waals surface area contributed by atoms with Crippen LogP contribution in [0.2, 0.25) is 5.02 Å². The van der Waals surface area contributed by atoms with Crippen molar-refractivity contribution in [3.63, 3.8) is 0 Å². The number of imidazole rings is 1. The largest absolute Gasteiger partial charge is 0.459 e. The molecule has 2 heterocycles. The number of aromatic nitrogens is 2. The third-order valence-electron chi connectivity index (χ3n) is 3.80. The zero-order valence-electron chi connectivity index (χ0n) is 14.2. The van der Waals surface area contributed by atoms with Crippen LogP contribution >= 0.6 is 11.6 Å². The number of halogens is 1. The topological polar surface area (TPSA) is 72.7 Å². The standard InChI is InChI=1S/C19H18ClN3O3/c1-13(24)21-17(14-5-3-2-4-6-14)9-19(25)26-12-16-11-23-10-15(20)7-8-18(23)22-16/h2-8,10-11,17H,9,12H2,1H3,(H,21,24)/t17-/m1/s1. The van der Waals surface area contributed by atoms with E-state index in [1.165, 1.54) is 6.92 Å². The van der Waals surface area contributed by atoms with Crippen LogP contribution in [-0.2, 0) is 20.9 Å². The van der Waals surface area contributed by atoms with Crippen molar-refractivity contribution in [2.24, 2.45) is 0 Å². The summed E-state index contributed by atoms with van der Waals surface area (Å²) in [6.45, 7) is 1.47. The summed E-state index contributed by atoms with van der Waals surface area (Å²) in [6, 6.07) is 12.4. The van der Waals surface area contributed by atoms with Crippen LogP contribution in [0.5, 0.6) is 0 Å². The fraction of sp³-hybridized carbons (Fsp3) is 0.211. The summed E-state index contributed by atoms with van der Waals surface area (Å²) in [6.07, 6.45) is 3.54. The highest BCUT2D eigenvalue weighted by Gasteiger charge is 2.18. The van der Waals surface area contributed by atoms with Gasteiger partial charge in [-0.15, -0.1) is 0 Å². The van der Waals surface area contributed by atoms with Gasteiger partial charge in [-0.3, -0.25) is 9.59 Å². The van der Waals surface area contributed by atoms with Crippen molar-refractivity contribution < 1.29 is 14.3 Å². The molecule has 0 aliphatic carbocycles. The molecule has 6 nitrogen and oxygen atoms in total. The van der Waals surface area contributed by atoms with Crippen molar-refractivity contribution in [3.05, 3.63) is 71.1 Å². The van der Waals surface area contributed by atoms with Gasteiger partial charge in [-0.1, -0.05) is 41.9 Å². The first-order chi connectivity index (χ1) is 12.5. The monoisotopic (exact) mass is 371 g/mol. The number of rotatable bonds is 6. The summed E-state index contributed by atoms with van der Waals surface area (Å²) in [5.74, 6) is -0.619. The molecule has 0 fully saturated rings. The minimum atomic E-state index is -0.430. The lowest BCUT2D eigenvalue weighted by Gasteiger charge is -2.17. The highest BCUT2D eigenvalue weighted by atomic mass is 35.5. The molecule has 0 radical (unpaired) electrons. The Balaban J connectivity index is 1.63. The van der Waals surface area contributed by atoms with Crippen LogP contribution in [0.15, 0.2) is 54.9 Å². The zero-order valence-corrected chi connectivity index (χ0v) is 14.9. The minimum Gasteiger partial charge on any atom is -0.459 e. The van der Waals surface area contributed by atoms with Crippen molar-refractivity contribution >= 4 is 29.1 Å². The number of hydrogen-bond acceptors (Lipinski definition) is 4. The van der Waals surface area contributed by atoms with E-state index in [1.807, 2.05) is 30.3 Å². The van der Waals surface area contributed by atoms with Crippen LogP contribution in [0.1, 0.15) is 30.6 Å². The highest BCUT2D eigenvalue weighted by molar-refractivity contribution is 6.30. The minimum absolute atomic E-state index is 0.0444. The van der Waals surface area contributed by atoms with Crippen molar-refractivity contribution in [3.8, 4) is 0 Å². The average molecular weight is 372 g/mol. The molecule has 0 saturated heterocycles. The molecule has 0 aliphatic rings. The molecule has 3 rings (SSSR count). The number of pyridine rings is 1. The zero-order chi connectivity index (χ0) is 18.5. The smallest absolute Gasteiger partial charge is 0.308 e. The number of amides is 1. The molecule has 1 amide bonds. The number of ether oxygens (including phenoxy) is 1. The van der Waals surface area contributed by atoms with Crippen LogP contribution in [0.4, 0.5) is 0 Å². The Morgan fingerprint density at radius 1 is 1.19 bits per heavy atom. The number of nitrogens with zero attached hydrogens (tertiary/aromatic N) is 2. The third-order valence-corrected chi connectivity index (χ3v) is 4.02. The summed E-state index contributed by atoms with van der Waals surface area (Å²) in [7, 11) is 0. The maximum atomic E-state index is 12.2. The number of fused-ring (bicyclic) bond motifs is 1. The van der Waals surface area contributed by atoms with Crippen LogP contribution in [0.3, 0.4) is 0 Å². The maximum Gasteiger partial charge on any atom is 0.308 e. The van der Waals surface area contributed by atoms with E-state index >= 15 is 0 Å². The summed E-state index contributed by atoms with van der Waals surface area (Å²) in [5.41, 5.74) is 2.19. The van der Waals surface area contributed by atoms with Gasteiger partial charge >= 0.3 is 5.97 Å². The van der Waals surface area contributed by atoms with Gasteiger partial charge < -0.3 is 14.5 Å². The van der Waals surface area contributed by atoms with Crippen LogP contribution in [-0.4, -0.2) is 21.3 Å². The SMILES string of the molecule is CC(=O)N[C@H](CC(=O)OCc1cn2cc(Cl)ccc2n1)c1ccccc1. The van der Waals surface area contributed by atoms with Gasteiger partial charge in [-0.25, -0.2) is 4.98 Å². The van der Waals surface area contributed by atoms with E-state index in [1.54, 1.807) is 28.9 Å². The van der Waals surface area contributed by atoms with Crippen LogP contribution < -0.4 is 5.32 Å². The van der Waals surface area contributed by atoms with Gasteiger partial charge in [0, 0.05) is 19.3 Å². The van der Waals surface area contributed by atoms with E-state index < -0.39 is 12.0 Å². The lowest BCUT2D eigenvalue weighted by molar-refractivity contribution is -0.145. The van der Waals surface area contributed by atoms with Gasteiger partial charge in [0.05, 0.1) is 23.2 Å². The number of hydrogen-bond donors (Lipinski definition) is 1. The van der Waals surface area contributed by atoms with E-state index in [2.05, 4.69) is 10.3 Å². The van der Waals surface area contributed by atoms with Gasteiger partial charge in [0.1, 0.15) is 12.3 Å². The summed E-state index contributed by atoms with van der Waals surface area (Å²) in [4.78, 5) is 28.0. The second-order valence-corrected chi connectivity index (χ2v) is 6.31. The Kier molecular flexibility index (Phi) is 5.53. The Bertz CT molecular complexity index is 924. The quantitative estimate of drug-likeness (QED) is 0.675. The van der Waals surface area contributed by atoms with Crippen molar-refractivity contribution in [1.29, 1.82) is 0 Å². The molecule has 3 aromatic rings. The molecular formula is C19H18ClN3O3. The Morgan fingerprint density at radius 3 is 2.69 bits per heavy atom. The second kappa shape index (κ2) is 8.01. The number of carbonyl (C=O) groups is 2. The van der Waals surface area contributed by atoms with Gasteiger partial charge in [-0.05, 0) is 17.7 Å². The Hall–Kier alpha value is -2.86. The predicted molar refractivity (Wildman–Crippen MR) is 97.6 cm³/mol. The molecule has 1 aromatic carbocycles. The number of nitrogens with one attached hydrogen (secondary N) is 1. The van der Waals surface area contributed by atoms with E-state index in [0.717, 1.165) is 11.2 Å². The summed E-state index contributed by atoms with van der Waals surface area (Å²) < 4.78 is 7.10. The highest BCUT2D eigenvalue weighted by Crippen LogP contribution is 2.18. The maximum absolute atomic E-state index is 12.2.